The minimum atomic E-state index is -0.284. The molecule has 2 aromatic carbocycles. The van der Waals surface area contributed by atoms with Gasteiger partial charge in [0.1, 0.15) is 0 Å². The fraction of sp³-hybridized carbons (Fsp3) is 0.158. The minimum absolute atomic E-state index is 0.136. The van der Waals surface area contributed by atoms with Crippen molar-refractivity contribution in [1.29, 1.82) is 5.26 Å². The molecule has 0 aromatic heterocycles. The van der Waals surface area contributed by atoms with Crippen molar-refractivity contribution in [2.45, 2.75) is 12.8 Å². The quantitative estimate of drug-likeness (QED) is 0.810. The van der Waals surface area contributed by atoms with E-state index < -0.39 is 0 Å². The van der Waals surface area contributed by atoms with Gasteiger partial charge in [0.15, 0.2) is 0 Å². The van der Waals surface area contributed by atoms with Gasteiger partial charge in [0.05, 0.1) is 18.2 Å². The molecule has 1 aliphatic carbocycles. The number of esters is 1. The number of fused-ring (bicyclic) bond motifs is 1. The van der Waals surface area contributed by atoms with E-state index in [-0.39, 0.29) is 11.9 Å². The van der Waals surface area contributed by atoms with Gasteiger partial charge in [-0.2, -0.15) is 5.26 Å². The van der Waals surface area contributed by atoms with Crippen LogP contribution in [-0.2, 0) is 9.53 Å². The van der Waals surface area contributed by atoms with Gasteiger partial charge in [-0.3, -0.25) is 0 Å². The van der Waals surface area contributed by atoms with Gasteiger partial charge in [-0.25, -0.2) is 4.79 Å². The fourth-order valence-electron chi connectivity index (χ4n) is 2.82. The van der Waals surface area contributed by atoms with Crippen LogP contribution < -0.4 is 0 Å². The first kappa shape index (κ1) is 14.1. The smallest absolute Gasteiger partial charge is 0.334 e. The van der Waals surface area contributed by atoms with Crippen LogP contribution in [0.25, 0.3) is 6.08 Å². The maximum Gasteiger partial charge on any atom is 0.334 e. The molecule has 108 valence electrons. The van der Waals surface area contributed by atoms with Crippen molar-refractivity contribution in [3.63, 3.8) is 0 Å². The van der Waals surface area contributed by atoms with E-state index in [9.17, 15) is 4.79 Å². The Morgan fingerprint density at radius 3 is 2.59 bits per heavy atom. The number of hydrogen-bond donors (Lipinski definition) is 0. The van der Waals surface area contributed by atoms with Crippen LogP contribution >= 0.6 is 0 Å². The summed E-state index contributed by atoms with van der Waals surface area (Å²) >= 11 is 0. The van der Waals surface area contributed by atoms with Gasteiger partial charge in [0.2, 0.25) is 0 Å². The van der Waals surface area contributed by atoms with Crippen molar-refractivity contribution in [3.05, 3.63) is 76.4 Å². The lowest BCUT2D eigenvalue weighted by Crippen LogP contribution is -2.13. The number of ether oxygens (including phenoxy) is 1. The zero-order valence-electron chi connectivity index (χ0n) is 12.2. The van der Waals surface area contributed by atoms with Gasteiger partial charge in [-0.1, -0.05) is 36.4 Å². The third kappa shape index (κ3) is 2.40. The maximum atomic E-state index is 12.3. The van der Waals surface area contributed by atoms with E-state index in [0.29, 0.717) is 17.7 Å². The standard InChI is InChI=1S/C19H15NO2/c1-2-22-19(21)17-11-15-5-3-4-6-16(15)18(17)14-9-7-13(12-20)8-10-14/h3-11,18H,2H2,1H3. The van der Waals surface area contributed by atoms with Gasteiger partial charge in [0, 0.05) is 11.5 Å². The number of rotatable bonds is 3. The van der Waals surface area contributed by atoms with Crippen LogP contribution in [0.3, 0.4) is 0 Å². The lowest BCUT2D eigenvalue weighted by Gasteiger charge is -2.16. The number of benzene rings is 2. The molecule has 1 unspecified atom stereocenters. The minimum Gasteiger partial charge on any atom is -0.463 e. The summed E-state index contributed by atoms with van der Waals surface area (Å²) in [4.78, 5) is 12.3. The first-order chi connectivity index (χ1) is 10.7. The molecule has 3 rings (SSSR count). The summed E-state index contributed by atoms with van der Waals surface area (Å²) in [5, 5.41) is 8.93. The van der Waals surface area contributed by atoms with Crippen LogP contribution in [-0.4, -0.2) is 12.6 Å². The van der Waals surface area contributed by atoms with Crippen molar-refractivity contribution in [3.8, 4) is 6.07 Å². The highest BCUT2D eigenvalue weighted by atomic mass is 16.5. The zero-order chi connectivity index (χ0) is 15.5. The van der Waals surface area contributed by atoms with E-state index in [4.69, 9.17) is 10.00 Å². The summed E-state index contributed by atoms with van der Waals surface area (Å²) in [6.45, 7) is 2.16. The summed E-state index contributed by atoms with van der Waals surface area (Å²) in [6.07, 6.45) is 1.90. The lowest BCUT2D eigenvalue weighted by atomic mass is 9.88. The number of hydrogen-bond acceptors (Lipinski definition) is 3. The van der Waals surface area contributed by atoms with Crippen LogP contribution in [0.1, 0.15) is 35.1 Å². The maximum absolute atomic E-state index is 12.3. The Morgan fingerprint density at radius 1 is 1.18 bits per heavy atom. The second kappa shape index (κ2) is 5.87. The Bertz CT molecular complexity index is 782. The molecule has 0 aliphatic heterocycles. The molecule has 0 radical (unpaired) electrons. The molecule has 1 aliphatic rings. The summed E-state index contributed by atoms with van der Waals surface area (Å²) in [7, 11) is 0. The number of carbonyl (C=O) groups is 1. The molecule has 0 amide bonds. The molecule has 22 heavy (non-hydrogen) atoms. The summed E-state index contributed by atoms with van der Waals surface area (Å²) in [5.74, 6) is -0.420. The van der Waals surface area contributed by atoms with Crippen LogP contribution in [0.2, 0.25) is 0 Å². The third-order valence-electron chi connectivity index (χ3n) is 3.81. The molecule has 0 bridgehead atoms. The van der Waals surface area contributed by atoms with E-state index in [1.165, 1.54) is 0 Å². The molecule has 3 nitrogen and oxygen atoms in total. The number of carbonyl (C=O) groups excluding carboxylic acids is 1. The Hall–Kier alpha value is -2.86. The summed E-state index contributed by atoms with van der Waals surface area (Å²) in [6, 6.07) is 17.4. The van der Waals surface area contributed by atoms with Crippen molar-refractivity contribution in [2.24, 2.45) is 0 Å². The van der Waals surface area contributed by atoms with Crippen molar-refractivity contribution in [2.75, 3.05) is 6.61 Å². The van der Waals surface area contributed by atoms with Crippen molar-refractivity contribution >= 4 is 12.0 Å². The first-order valence-electron chi connectivity index (χ1n) is 7.22. The Morgan fingerprint density at radius 2 is 1.91 bits per heavy atom. The molecule has 1 atom stereocenters. The zero-order valence-corrected chi connectivity index (χ0v) is 12.2. The highest BCUT2D eigenvalue weighted by Gasteiger charge is 2.31. The topological polar surface area (TPSA) is 50.1 Å². The molecule has 0 spiro atoms. The molecule has 0 saturated heterocycles. The SMILES string of the molecule is CCOC(=O)C1=Cc2ccccc2C1c1ccc(C#N)cc1. The normalized spacial score (nSPS) is 15.6. The Labute approximate surface area is 129 Å². The first-order valence-corrected chi connectivity index (χ1v) is 7.22. The van der Waals surface area contributed by atoms with E-state index in [0.717, 1.165) is 16.7 Å². The summed E-state index contributed by atoms with van der Waals surface area (Å²) < 4.78 is 5.19. The third-order valence-corrected chi connectivity index (χ3v) is 3.81. The fourth-order valence-corrected chi connectivity index (χ4v) is 2.82. The molecular formula is C19H15NO2. The molecule has 0 fully saturated rings. The van der Waals surface area contributed by atoms with E-state index >= 15 is 0 Å². The van der Waals surface area contributed by atoms with Crippen LogP contribution in [0.4, 0.5) is 0 Å². The van der Waals surface area contributed by atoms with E-state index in [2.05, 4.69) is 6.07 Å². The monoisotopic (exact) mass is 289 g/mol. The molecule has 0 saturated carbocycles. The predicted molar refractivity (Wildman–Crippen MR) is 84.1 cm³/mol. The second-order valence-corrected chi connectivity index (χ2v) is 5.12. The average molecular weight is 289 g/mol. The Kier molecular flexibility index (Phi) is 3.76. The molecule has 3 heteroatoms. The van der Waals surface area contributed by atoms with Gasteiger partial charge in [-0.15, -0.1) is 0 Å². The number of nitrogens with zero attached hydrogens (tertiary/aromatic N) is 1. The van der Waals surface area contributed by atoms with Crippen LogP contribution in [0.5, 0.6) is 0 Å². The molecule has 0 N–H and O–H groups in total. The molecule has 0 heterocycles. The lowest BCUT2D eigenvalue weighted by molar-refractivity contribution is -0.138. The largest absolute Gasteiger partial charge is 0.463 e. The molecular weight excluding hydrogens is 274 g/mol. The van der Waals surface area contributed by atoms with Gasteiger partial charge < -0.3 is 4.74 Å². The van der Waals surface area contributed by atoms with Gasteiger partial charge in [0.25, 0.3) is 0 Å². The van der Waals surface area contributed by atoms with E-state index in [1.807, 2.05) is 42.5 Å². The van der Waals surface area contributed by atoms with Crippen molar-refractivity contribution < 1.29 is 9.53 Å². The Balaban J connectivity index is 2.06. The highest BCUT2D eigenvalue weighted by molar-refractivity contribution is 5.99. The van der Waals surface area contributed by atoms with Gasteiger partial charge >= 0.3 is 5.97 Å². The number of nitriles is 1. The summed E-state index contributed by atoms with van der Waals surface area (Å²) in [5.41, 5.74) is 4.38. The van der Waals surface area contributed by atoms with Gasteiger partial charge in [-0.05, 0) is 41.8 Å². The van der Waals surface area contributed by atoms with Crippen molar-refractivity contribution in [1.82, 2.24) is 0 Å². The predicted octanol–water partition coefficient (Wildman–Crippen LogP) is 3.65. The average Bonchev–Trinajstić information content (AvgIpc) is 2.95. The highest BCUT2D eigenvalue weighted by Crippen LogP contribution is 2.41. The van der Waals surface area contributed by atoms with E-state index in [1.54, 1.807) is 19.1 Å². The van der Waals surface area contributed by atoms with Crippen LogP contribution in [0.15, 0.2) is 54.1 Å². The molecule has 2 aromatic rings. The van der Waals surface area contributed by atoms with Crippen LogP contribution in [0, 0.1) is 11.3 Å². The second-order valence-electron chi connectivity index (χ2n) is 5.12.